The molecule has 9 heteroatoms. The predicted octanol–water partition coefficient (Wildman–Crippen LogP) is 0.655. The van der Waals surface area contributed by atoms with Crippen LogP contribution in [-0.2, 0) is 14.8 Å². The van der Waals surface area contributed by atoms with Crippen molar-refractivity contribution in [1.82, 2.24) is 19.5 Å². The molecule has 0 aromatic carbocycles. The summed E-state index contributed by atoms with van der Waals surface area (Å²) >= 11 is 0. The molecule has 1 saturated carbocycles. The number of rotatable bonds is 6. The van der Waals surface area contributed by atoms with Crippen LogP contribution in [0, 0.1) is 0 Å². The molecule has 0 radical (unpaired) electrons. The zero-order chi connectivity index (χ0) is 19.7. The summed E-state index contributed by atoms with van der Waals surface area (Å²) in [6, 6.07) is 3.72. The summed E-state index contributed by atoms with van der Waals surface area (Å²) in [6.45, 7) is 6.27. The quantitative estimate of drug-likeness (QED) is 0.746. The molecule has 1 unspecified atom stereocenters. The summed E-state index contributed by atoms with van der Waals surface area (Å²) in [4.78, 5) is 21.3. The molecular formula is C19H29N5O3S. The summed E-state index contributed by atoms with van der Waals surface area (Å²) in [6.07, 6.45) is 5.52. The molecule has 8 nitrogen and oxygen atoms in total. The van der Waals surface area contributed by atoms with Crippen LogP contribution in [0.1, 0.15) is 32.6 Å². The van der Waals surface area contributed by atoms with Crippen LogP contribution < -0.4 is 10.2 Å². The van der Waals surface area contributed by atoms with Gasteiger partial charge in [0.1, 0.15) is 10.7 Å². The van der Waals surface area contributed by atoms with Crippen molar-refractivity contribution in [1.29, 1.82) is 0 Å². The highest BCUT2D eigenvalue weighted by Crippen LogP contribution is 2.23. The van der Waals surface area contributed by atoms with Gasteiger partial charge in [-0.3, -0.25) is 9.69 Å². The number of amides is 1. The Hall–Kier alpha value is -1.71. The molecule has 1 aromatic rings. The molecule has 1 amide bonds. The molecule has 2 aliphatic heterocycles. The maximum absolute atomic E-state index is 12.6. The van der Waals surface area contributed by atoms with E-state index < -0.39 is 10.0 Å². The highest BCUT2D eigenvalue weighted by atomic mass is 32.2. The van der Waals surface area contributed by atoms with Crippen LogP contribution in [-0.4, -0.2) is 79.9 Å². The van der Waals surface area contributed by atoms with Gasteiger partial charge in [-0.15, -0.1) is 0 Å². The van der Waals surface area contributed by atoms with Crippen molar-refractivity contribution >= 4 is 21.7 Å². The number of anilines is 1. The Morgan fingerprint density at radius 1 is 1.11 bits per heavy atom. The molecular weight excluding hydrogens is 378 g/mol. The van der Waals surface area contributed by atoms with Gasteiger partial charge in [0.2, 0.25) is 15.9 Å². The van der Waals surface area contributed by atoms with Crippen LogP contribution in [0.3, 0.4) is 0 Å². The lowest BCUT2D eigenvalue weighted by Gasteiger charge is -2.38. The van der Waals surface area contributed by atoms with E-state index in [1.165, 1.54) is 10.5 Å². The molecule has 2 saturated heterocycles. The van der Waals surface area contributed by atoms with Crippen LogP contribution in [0.4, 0.5) is 5.82 Å². The molecule has 28 heavy (non-hydrogen) atoms. The number of nitrogens with zero attached hydrogens (tertiary/aromatic N) is 4. The number of carbonyl (C=O) groups excluding carboxylic acids is 1. The largest absolute Gasteiger partial charge is 0.354 e. The molecule has 1 aliphatic carbocycles. The standard InChI is InChI=1S/C19H29N5O3S/c1-15(19(25)21-16-4-5-16)22-10-12-23(13-11-22)18-7-6-17(14-20-18)28(26,27)24-8-2-3-9-24/h6-7,14-16H,2-5,8-13H2,1H3,(H,21,25). The first kappa shape index (κ1) is 19.6. The fraction of sp³-hybridized carbons (Fsp3) is 0.684. The monoisotopic (exact) mass is 407 g/mol. The SMILES string of the molecule is CC(C(=O)NC1CC1)N1CCN(c2ccc(S(=O)(=O)N3CCCC3)cn2)CC1. The second kappa shape index (κ2) is 7.96. The van der Waals surface area contributed by atoms with Gasteiger partial charge >= 0.3 is 0 Å². The van der Waals surface area contributed by atoms with E-state index in [1.54, 1.807) is 12.1 Å². The fourth-order valence-electron chi connectivity index (χ4n) is 3.84. The Kier molecular flexibility index (Phi) is 5.57. The van der Waals surface area contributed by atoms with Crippen molar-refractivity contribution in [2.45, 2.75) is 49.6 Å². The second-order valence-electron chi connectivity index (χ2n) is 7.95. The van der Waals surface area contributed by atoms with E-state index >= 15 is 0 Å². The van der Waals surface area contributed by atoms with Crippen molar-refractivity contribution in [3.05, 3.63) is 18.3 Å². The first-order valence-electron chi connectivity index (χ1n) is 10.2. The zero-order valence-corrected chi connectivity index (χ0v) is 17.2. The van der Waals surface area contributed by atoms with Gasteiger partial charge in [0.05, 0.1) is 6.04 Å². The molecule has 4 rings (SSSR count). The van der Waals surface area contributed by atoms with Crippen LogP contribution in [0.15, 0.2) is 23.2 Å². The number of sulfonamides is 1. The average molecular weight is 408 g/mol. The lowest BCUT2D eigenvalue weighted by atomic mass is 10.2. The van der Waals surface area contributed by atoms with E-state index in [0.717, 1.165) is 57.7 Å². The van der Waals surface area contributed by atoms with Crippen molar-refractivity contribution in [3.8, 4) is 0 Å². The number of piperazine rings is 1. The highest BCUT2D eigenvalue weighted by molar-refractivity contribution is 7.89. The lowest BCUT2D eigenvalue weighted by molar-refractivity contribution is -0.126. The maximum atomic E-state index is 12.6. The van der Waals surface area contributed by atoms with Crippen LogP contribution >= 0.6 is 0 Å². The van der Waals surface area contributed by atoms with E-state index in [1.807, 2.05) is 6.92 Å². The van der Waals surface area contributed by atoms with Gasteiger partial charge in [-0.2, -0.15) is 4.31 Å². The Balaban J connectivity index is 1.33. The molecule has 3 heterocycles. The molecule has 1 aromatic heterocycles. The van der Waals surface area contributed by atoms with Crippen LogP contribution in [0.5, 0.6) is 0 Å². The number of hydrogen-bond acceptors (Lipinski definition) is 6. The van der Waals surface area contributed by atoms with Gasteiger partial charge in [0.15, 0.2) is 0 Å². The first-order valence-corrected chi connectivity index (χ1v) is 11.6. The maximum Gasteiger partial charge on any atom is 0.244 e. The number of hydrogen-bond donors (Lipinski definition) is 1. The Morgan fingerprint density at radius 3 is 2.36 bits per heavy atom. The van der Waals surface area contributed by atoms with Crippen molar-refractivity contribution in [2.75, 3.05) is 44.2 Å². The lowest BCUT2D eigenvalue weighted by Crippen LogP contribution is -2.54. The summed E-state index contributed by atoms with van der Waals surface area (Å²) in [5.41, 5.74) is 0. The predicted molar refractivity (Wildman–Crippen MR) is 107 cm³/mol. The third-order valence-corrected chi connectivity index (χ3v) is 7.79. The van der Waals surface area contributed by atoms with E-state index in [9.17, 15) is 13.2 Å². The molecule has 154 valence electrons. The highest BCUT2D eigenvalue weighted by Gasteiger charge is 2.31. The van der Waals surface area contributed by atoms with Gasteiger partial charge in [0.25, 0.3) is 0 Å². The Bertz CT molecular complexity index is 795. The molecule has 3 fully saturated rings. The molecule has 0 spiro atoms. The normalized spacial score (nSPS) is 23.0. The van der Waals surface area contributed by atoms with Gasteiger partial charge in [-0.05, 0) is 44.7 Å². The van der Waals surface area contributed by atoms with Crippen molar-refractivity contribution < 1.29 is 13.2 Å². The number of carbonyl (C=O) groups is 1. The number of aromatic nitrogens is 1. The third-order valence-electron chi connectivity index (χ3n) is 5.91. The topological polar surface area (TPSA) is 85.8 Å². The van der Waals surface area contributed by atoms with E-state index in [-0.39, 0.29) is 16.8 Å². The van der Waals surface area contributed by atoms with Crippen molar-refractivity contribution in [3.63, 3.8) is 0 Å². The molecule has 1 atom stereocenters. The van der Waals surface area contributed by atoms with E-state index in [0.29, 0.717) is 19.1 Å². The number of nitrogens with one attached hydrogen (secondary N) is 1. The summed E-state index contributed by atoms with van der Waals surface area (Å²) in [5.74, 6) is 0.903. The smallest absolute Gasteiger partial charge is 0.244 e. The third kappa shape index (κ3) is 4.16. The minimum Gasteiger partial charge on any atom is -0.354 e. The number of pyridine rings is 1. The van der Waals surface area contributed by atoms with Gasteiger partial charge < -0.3 is 10.2 Å². The minimum absolute atomic E-state index is 0.116. The van der Waals surface area contributed by atoms with Crippen LogP contribution in [0.2, 0.25) is 0 Å². The zero-order valence-electron chi connectivity index (χ0n) is 16.4. The van der Waals surface area contributed by atoms with E-state index in [2.05, 4.69) is 20.1 Å². The summed E-state index contributed by atoms with van der Waals surface area (Å²) in [5, 5.41) is 3.07. The van der Waals surface area contributed by atoms with Crippen LogP contribution in [0.25, 0.3) is 0 Å². The van der Waals surface area contributed by atoms with Gasteiger partial charge in [0, 0.05) is 51.5 Å². The Labute approximate surface area is 166 Å². The van der Waals surface area contributed by atoms with Gasteiger partial charge in [-0.1, -0.05) is 0 Å². The van der Waals surface area contributed by atoms with Crippen molar-refractivity contribution in [2.24, 2.45) is 0 Å². The first-order chi connectivity index (χ1) is 13.4. The Morgan fingerprint density at radius 2 is 1.79 bits per heavy atom. The molecule has 3 aliphatic rings. The molecule has 0 bridgehead atoms. The van der Waals surface area contributed by atoms with E-state index in [4.69, 9.17) is 0 Å². The summed E-state index contributed by atoms with van der Waals surface area (Å²) in [7, 11) is -3.42. The van der Waals surface area contributed by atoms with Gasteiger partial charge in [-0.25, -0.2) is 13.4 Å². The molecule has 1 N–H and O–H groups in total. The fourth-order valence-corrected chi connectivity index (χ4v) is 5.31. The average Bonchev–Trinajstić information content (AvgIpc) is 3.34. The minimum atomic E-state index is -3.42. The second-order valence-corrected chi connectivity index (χ2v) is 9.88. The summed E-state index contributed by atoms with van der Waals surface area (Å²) < 4.78 is 26.8.